The molecule has 0 amide bonds. The lowest BCUT2D eigenvalue weighted by Gasteiger charge is -2.30. The van der Waals surface area contributed by atoms with E-state index in [1.807, 2.05) is 6.20 Å². The maximum atomic E-state index is 8.97. The second-order valence-corrected chi connectivity index (χ2v) is 6.47. The van der Waals surface area contributed by atoms with Gasteiger partial charge in [0.2, 0.25) is 0 Å². The van der Waals surface area contributed by atoms with Crippen LogP contribution in [0.15, 0.2) is 18.3 Å². The van der Waals surface area contributed by atoms with Gasteiger partial charge in [0.1, 0.15) is 0 Å². The summed E-state index contributed by atoms with van der Waals surface area (Å²) in [6.07, 6.45) is 13.9. The summed E-state index contributed by atoms with van der Waals surface area (Å²) in [7, 11) is 0. The van der Waals surface area contributed by atoms with E-state index in [1.165, 1.54) is 49.8 Å². The first kappa shape index (κ1) is 13.1. The molecular weight excluding hydrogens is 234 g/mol. The summed E-state index contributed by atoms with van der Waals surface area (Å²) in [5, 5.41) is 8.97. The Labute approximate surface area is 116 Å². The molecule has 1 heterocycles. The van der Waals surface area contributed by atoms with Crippen LogP contribution in [0.3, 0.4) is 0 Å². The summed E-state index contributed by atoms with van der Waals surface area (Å²) >= 11 is 0. The molecule has 2 aliphatic rings. The molecule has 0 unspecified atom stereocenters. The zero-order valence-electron chi connectivity index (χ0n) is 11.8. The van der Waals surface area contributed by atoms with Gasteiger partial charge in [-0.1, -0.05) is 18.9 Å². The summed E-state index contributed by atoms with van der Waals surface area (Å²) in [4.78, 5) is 4.59. The Morgan fingerprint density at radius 1 is 1.11 bits per heavy atom. The highest BCUT2D eigenvalue weighted by Gasteiger charge is 2.42. The molecule has 0 aromatic carbocycles. The van der Waals surface area contributed by atoms with Crippen molar-refractivity contribution in [2.24, 2.45) is 5.92 Å². The van der Waals surface area contributed by atoms with E-state index in [0.717, 1.165) is 25.7 Å². The summed E-state index contributed by atoms with van der Waals surface area (Å²) in [5.74, 6) is 0.552. The molecule has 1 saturated carbocycles. The fraction of sp³-hybridized carbons (Fsp3) is 0.706. The van der Waals surface area contributed by atoms with Crippen LogP contribution in [-0.2, 0) is 12.8 Å². The number of fused-ring (bicyclic) bond motifs is 2. The van der Waals surface area contributed by atoms with Crippen molar-refractivity contribution in [1.82, 2.24) is 4.98 Å². The quantitative estimate of drug-likeness (QED) is 0.659. The van der Waals surface area contributed by atoms with Crippen molar-refractivity contribution in [2.45, 2.75) is 69.8 Å². The predicted octanol–water partition coefficient (Wildman–Crippen LogP) is 3.39. The van der Waals surface area contributed by atoms with Crippen LogP contribution in [0.1, 0.15) is 62.6 Å². The number of rotatable bonds is 0. The van der Waals surface area contributed by atoms with Crippen LogP contribution in [0.5, 0.6) is 0 Å². The molecule has 0 bridgehead atoms. The first-order chi connectivity index (χ1) is 9.28. The molecule has 0 aliphatic heterocycles. The molecular formula is C17H26NO+. The van der Waals surface area contributed by atoms with Crippen molar-refractivity contribution in [1.29, 1.82) is 0 Å². The van der Waals surface area contributed by atoms with Crippen LogP contribution in [0.4, 0.5) is 0 Å². The Kier molecular flexibility index (Phi) is 3.88. The third kappa shape index (κ3) is 2.84. The Bertz CT molecular complexity index is 431. The molecule has 3 rings (SSSR count). The largest absolute Gasteiger partial charge is 0.441 e. The molecule has 2 atom stereocenters. The first-order valence-electron chi connectivity index (χ1n) is 7.96. The number of pyridine rings is 1. The normalized spacial score (nSPS) is 32.2. The molecule has 2 N–H and O–H groups in total. The SMILES string of the molecule is [OH2+][C@@]12CCCCC[C@H]1Cc1cccnc1CCCC2. The molecule has 2 heteroatoms. The van der Waals surface area contributed by atoms with Gasteiger partial charge < -0.3 is 5.11 Å². The highest BCUT2D eigenvalue weighted by molar-refractivity contribution is 5.22. The van der Waals surface area contributed by atoms with E-state index in [-0.39, 0.29) is 5.60 Å². The summed E-state index contributed by atoms with van der Waals surface area (Å²) < 4.78 is 0. The van der Waals surface area contributed by atoms with Crippen LogP contribution < -0.4 is 0 Å². The molecule has 19 heavy (non-hydrogen) atoms. The monoisotopic (exact) mass is 260 g/mol. The Morgan fingerprint density at radius 2 is 1.95 bits per heavy atom. The minimum Gasteiger partial charge on any atom is -0.441 e. The zero-order chi connectivity index (χ0) is 13.1. The van der Waals surface area contributed by atoms with E-state index in [9.17, 15) is 0 Å². The highest BCUT2D eigenvalue weighted by Crippen LogP contribution is 2.39. The lowest BCUT2D eigenvalue weighted by atomic mass is 9.77. The van der Waals surface area contributed by atoms with Crippen molar-refractivity contribution >= 4 is 0 Å². The van der Waals surface area contributed by atoms with Gasteiger partial charge in [0.05, 0.1) is 0 Å². The van der Waals surface area contributed by atoms with Crippen LogP contribution in [0, 0.1) is 5.92 Å². The maximum absolute atomic E-state index is 8.97. The lowest BCUT2D eigenvalue weighted by Crippen LogP contribution is -2.38. The molecule has 104 valence electrons. The molecule has 0 saturated heterocycles. The van der Waals surface area contributed by atoms with E-state index in [4.69, 9.17) is 5.11 Å². The molecule has 1 aromatic heterocycles. The number of hydrogen-bond donors (Lipinski definition) is 0. The van der Waals surface area contributed by atoms with Crippen LogP contribution in [0.25, 0.3) is 0 Å². The van der Waals surface area contributed by atoms with Gasteiger partial charge in [-0.15, -0.1) is 0 Å². The van der Waals surface area contributed by atoms with Crippen LogP contribution in [0.2, 0.25) is 0 Å². The highest BCUT2D eigenvalue weighted by atomic mass is 16.3. The smallest absolute Gasteiger partial charge is 0.166 e. The molecule has 1 fully saturated rings. The number of hydrogen-bond acceptors (Lipinski definition) is 1. The minimum atomic E-state index is -0.159. The van der Waals surface area contributed by atoms with Crippen molar-refractivity contribution in [2.75, 3.05) is 0 Å². The van der Waals surface area contributed by atoms with E-state index < -0.39 is 0 Å². The number of aryl methyl sites for hydroxylation is 1. The van der Waals surface area contributed by atoms with Gasteiger partial charge in [0.25, 0.3) is 0 Å². The van der Waals surface area contributed by atoms with Crippen LogP contribution >= 0.6 is 0 Å². The van der Waals surface area contributed by atoms with Crippen molar-refractivity contribution in [3.05, 3.63) is 29.6 Å². The topological polar surface area (TPSA) is 35.8 Å². The van der Waals surface area contributed by atoms with Crippen molar-refractivity contribution in [3.63, 3.8) is 0 Å². The van der Waals surface area contributed by atoms with E-state index in [1.54, 1.807) is 0 Å². The van der Waals surface area contributed by atoms with E-state index in [2.05, 4.69) is 17.1 Å². The fourth-order valence-corrected chi connectivity index (χ4v) is 4.00. The Balaban J connectivity index is 1.91. The molecule has 2 aliphatic carbocycles. The Hall–Kier alpha value is -0.890. The van der Waals surface area contributed by atoms with Gasteiger partial charge in [0, 0.05) is 30.7 Å². The molecule has 1 aromatic rings. The summed E-state index contributed by atoms with van der Waals surface area (Å²) in [6, 6.07) is 4.32. The van der Waals surface area contributed by atoms with Gasteiger partial charge in [-0.2, -0.15) is 0 Å². The van der Waals surface area contributed by atoms with Gasteiger partial charge in [-0.05, 0) is 50.2 Å². The third-order valence-electron chi connectivity index (χ3n) is 5.19. The lowest BCUT2D eigenvalue weighted by molar-refractivity contribution is -0.0334. The van der Waals surface area contributed by atoms with E-state index in [0.29, 0.717) is 5.92 Å². The van der Waals surface area contributed by atoms with Gasteiger partial charge in [-0.25, -0.2) is 0 Å². The number of aromatic nitrogens is 1. The van der Waals surface area contributed by atoms with Crippen LogP contribution in [-0.4, -0.2) is 15.7 Å². The Morgan fingerprint density at radius 3 is 2.84 bits per heavy atom. The second kappa shape index (κ2) is 5.62. The second-order valence-electron chi connectivity index (χ2n) is 6.47. The summed E-state index contributed by atoms with van der Waals surface area (Å²) in [5.41, 5.74) is 2.57. The third-order valence-corrected chi connectivity index (χ3v) is 5.19. The minimum absolute atomic E-state index is 0.159. The fourth-order valence-electron chi connectivity index (χ4n) is 4.00. The molecule has 0 spiro atoms. The average molecular weight is 260 g/mol. The molecule has 0 radical (unpaired) electrons. The number of nitrogens with zero attached hydrogens (tertiary/aromatic N) is 1. The average Bonchev–Trinajstić information content (AvgIpc) is 2.56. The van der Waals surface area contributed by atoms with Crippen molar-refractivity contribution < 1.29 is 5.11 Å². The van der Waals surface area contributed by atoms with Gasteiger partial charge >= 0.3 is 0 Å². The molecule has 2 nitrogen and oxygen atoms in total. The van der Waals surface area contributed by atoms with Gasteiger partial charge in [-0.3, -0.25) is 4.98 Å². The van der Waals surface area contributed by atoms with E-state index >= 15 is 0 Å². The first-order valence-corrected chi connectivity index (χ1v) is 7.96. The van der Waals surface area contributed by atoms with Crippen molar-refractivity contribution in [3.8, 4) is 0 Å². The standard InChI is InChI=1S/C17H25NO/c19-17-10-4-1-2-8-15(17)13-14-7-6-12-18-16(14)9-3-5-11-17/h6-7,12,15,19H,1-5,8-11,13H2/p+1/t15-,17+/m0/s1. The summed E-state index contributed by atoms with van der Waals surface area (Å²) in [6.45, 7) is 0. The predicted molar refractivity (Wildman–Crippen MR) is 78.4 cm³/mol. The maximum Gasteiger partial charge on any atom is 0.166 e. The van der Waals surface area contributed by atoms with Gasteiger partial charge in [0.15, 0.2) is 5.60 Å². The zero-order valence-corrected chi connectivity index (χ0v) is 11.8.